The maximum Gasteiger partial charge on any atom is 0.472 e. The number of allylic oxidation sites excluding steroid dienone is 4. The van der Waals surface area contributed by atoms with Gasteiger partial charge in [0, 0.05) is 19.3 Å². The maximum absolute atomic E-state index is 12.6. The lowest BCUT2D eigenvalue weighted by atomic mass is 9.99. The van der Waals surface area contributed by atoms with Crippen molar-refractivity contribution in [2.75, 3.05) is 26.4 Å². The van der Waals surface area contributed by atoms with Crippen molar-refractivity contribution < 1.29 is 52.6 Å². The molecule has 11 nitrogen and oxygen atoms in total. The second kappa shape index (κ2) is 35.8. The Labute approximate surface area is 321 Å². The Morgan fingerprint density at radius 2 is 1.23 bits per heavy atom. The molecule has 0 heterocycles. The first-order chi connectivity index (χ1) is 25.5. The van der Waals surface area contributed by atoms with Crippen molar-refractivity contribution in [3.8, 4) is 0 Å². The van der Waals surface area contributed by atoms with E-state index < -0.39 is 51.8 Å². The predicted octanol–water partition coefficient (Wildman–Crippen LogP) is 9.65. The molecule has 0 aromatic carbocycles. The number of hydrogen-bond donors (Lipinski definition) is 3. The Balaban J connectivity index is 4.41. The average Bonchev–Trinajstić information content (AvgIpc) is 3.14. The first-order valence-electron chi connectivity index (χ1n) is 20.6. The summed E-state index contributed by atoms with van der Waals surface area (Å²) >= 11 is 0. The summed E-state index contributed by atoms with van der Waals surface area (Å²) in [5, 5.41) is 18.3. The van der Waals surface area contributed by atoms with Crippen molar-refractivity contribution in [3.05, 3.63) is 24.3 Å². The maximum atomic E-state index is 12.6. The van der Waals surface area contributed by atoms with Gasteiger partial charge in [0.1, 0.15) is 12.7 Å². The number of aliphatic hydroxyl groups excluding tert-OH is 2. The number of ketones is 1. The fourth-order valence-corrected chi connectivity index (χ4v) is 6.27. The number of carbonyl (C=O) groups is 3. The minimum Gasteiger partial charge on any atom is -0.462 e. The number of rotatable bonds is 38. The third kappa shape index (κ3) is 35.6. The van der Waals surface area contributed by atoms with E-state index in [1.54, 1.807) is 12.2 Å². The number of aliphatic hydroxyl groups is 2. The van der Waals surface area contributed by atoms with Crippen LogP contribution in [0.3, 0.4) is 0 Å². The van der Waals surface area contributed by atoms with Crippen molar-refractivity contribution in [2.24, 2.45) is 5.92 Å². The van der Waals surface area contributed by atoms with Gasteiger partial charge in [0.15, 0.2) is 11.9 Å². The summed E-state index contributed by atoms with van der Waals surface area (Å²) in [6.45, 7) is 4.52. The first-order valence-corrected chi connectivity index (χ1v) is 22.1. The quantitative estimate of drug-likeness (QED) is 0.0180. The third-order valence-corrected chi connectivity index (χ3v) is 10.1. The van der Waals surface area contributed by atoms with Crippen LogP contribution < -0.4 is 0 Å². The molecule has 12 heteroatoms. The summed E-state index contributed by atoms with van der Waals surface area (Å²) in [6, 6.07) is 0. The standard InChI is InChI=1S/C41H75O11P/c1-4-6-7-8-13-18-23-28-37(43)29-24-19-16-21-25-30-40(45)49-34-39(35-51-53(47,48)50-33-38(44)32-42)52-41(46)31-26-20-15-12-10-9-11-14-17-22-27-36(3)5-2/h13,18,23,28,36,38-39,42,44H,4-12,14-17,19-22,24-27,29-35H2,1-3H3,(H,47,48)/b18-13-,28-23+/t36?,38-,39+/m0/s1. The number of hydrogen-bond acceptors (Lipinski definition) is 10. The number of esters is 2. The molecule has 0 aliphatic rings. The van der Waals surface area contributed by atoms with Crippen LogP contribution in [0.4, 0.5) is 0 Å². The molecule has 310 valence electrons. The smallest absolute Gasteiger partial charge is 0.462 e. The highest BCUT2D eigenvalue weighted by atomic mass is 31.2. The predicted molar refractivity (Wildman–Crippen MR) is 210 cm³/mol. The molecule has 53 heavy (non-hydrogen) atoms. The Morgan fingerprint density at radius 3 is 1.81 bits per heavy atom. The molecule has 0 aromatic rings. The summed E-state index contributed by atoms with van der Waals surface area (Å²) in [7, 11) is -4.64. The molecule has 0 fully saturated rings. The van der Waals surface area contributed by atoms with Crippen LogP contribution in [-0.2, 0) is 37.5 Å². The number of phosphoric ester groups is 1. The van der Waals surface area contributed by atoms with Gasteiger partial charge in [0.2, 0.25) is 0 Å². The van der Waals surface area contributed by atoms with E-state index in [0.29, 0.717) is 19.3 Å². The van der Waals surface area contributed by atoms with Crippen LogP contribution in [0.25, 0.3) is 0 Å². The zero-order chi connectivity index (χ0) is 39.4. The lowest BCUT2D eigenvalue weighted by Crippen LogP contribution is -2.29. The van der Waals surface area contributed by atoms with E-state index in [4.69, 9.17) is 19.1 Å². The molecule has 2 unspecified atom stereocenters. The Morgan fingerprint density at radius 1 is 0.679 bits per heavy atom. The summed E-state index contributed by atoms with van der Waals surface area (Å²) < 4.78 is 32.6. The zero-order valence-corrected chi connectivity index (χ0v) is 34.3. The SMILES string of the molecule is CCCCC/C=C\C=C\C(=O)CCCCCCCC(=O)OC[C@H](COP(=O)(O)OC[C@@H](O)CO)OC(=O)CCCCCCCCCCCCC(C)CC. The molecule has 0 bridgehead atoms. The monoisotopic (exact) mass is 775 g/mol. The van der Waals surface area contributed by atoms with Crippen LogP contribution in [0.15, 0.2) is 24.3 Å². The van der Waals surface area contributed by atoms with Gasteiger partial charge in [-0.15, -0.1) is 0 Å². The van der Waals surface area contributed by atoms with Crippen LogP contribution in [0, 0.1) is 5.92 Å². The highest BCUT2D eigenvalue weighted by molar-refractivity contribution is 7.47. The highest BCUT2D eigenvalue weighted by Crippen LogP contribution is 2.43. The normalized spacial score (nSPS) is 14.7. The van der Waals surface area contributed by atoms with E-state index in [1.165, 1.54) is 70.6 Å². The second-order valence-corrected chi connectivity index (χ2v) is 15.7. The van der Waals surface area contributed by atoms with Crippen molar-refractivity contribution in [1.29, 1.82) is 0 Å². The van der Waals surface area contributed by atoms with Crippen molar-refractivity contribution in [1.82, 2.24) is 0 Å². The number of carbonyl (C=O) groups excluding carboxylic acids is 3. The van der Waals surface area contributed by atoms with Gasteiger partial charge in [-0.2, -0.15) is 0 Å². The minimum atomic E-state index is -4.64. The molecule has 0 aliphatic heterocycles. The van der Waals surface area contributed by atoms with Gasteiger partial charge in [-0.05, 0) is 44.1 Å². The number of ether oxygens (including phenoxy) is 2. The molecule has 0 spiro atoms. The number of unbranched alkanes of at least 4 members (excludes halogenated alkanes) is 16. The number of phosphoric acid groups is 1. The molecule has 4 atom stereocenters. The topological polar surface area (TPSA) is 166 Å². The van der Waals surface area contributed by atoms with Crippen molar-refractivity contribution in [2.45, 2.75) is 187 Å². The van der Waals surface area contributed by atoms with Crippen molar-refractivity contribution >= 4 is 25.5 Å². The Hall–Kier alpha value is -1.88. The van der Waals surface area contributed by atoms with Crippen LogP contribution in [0.5, 0.6) is 0 Å². The first kappa shape index (κ1) is 51.1. The fraction of sp³-hybridized carbons (Fsp3) is 0.829. The van der Waals surface area contributed by atoms with Gasteiger partial charge < -0.3 is 24.6 Å². The van der Waals surface area contributed by atoms with Crippen LogP contribution >= 0.6 is 7.82 Å². The molecule has 0 saturated carbocycles. The molecule has 0 saturated heterocycles. The van der Waals surface area contributed by atoms with E-state index in [1.807, 2.05) is 6.08 Å². The lowest BCUT2D eigenvalue weighted by molar-refractivity contribution is -0.161. The molecule has 0 amide bonds. The molecule has 0 rings (SSSR count). The van der Waals surface area contributed by atoms with Gasteiger partial charge >= 0.3 is 19.8 Å². The van der Waals surface area contributed by atoms with E-state index >= 15 is 0 Å². The van der Waals surface area contributed by atoms with Gasteiger partial charge in [-0.25, -0.2) is 4.57 Å². The van der Waals surface area contributed by atoms with Crippen LogP contribution in [0.2, 0.25) is 0 Å². The molecule has 3 N–H and O–H groups in total. The van der Waals surface area contributed by atoms with E-state index in [0.717, 1.165) is 57.3 Å². The molecule has 0 radical (unpaired) electrons. The highest BCUT2D eigenvalue weighted by Gasteiger charge is 2.27. The average molecular weight is 775 g/mol. The molecule has 0 aliphatic carbocycles. The van der Waals surface area contributed by atoms with Gasteiger partial charge in [-0.3, -0.25) is 23.4 Å². The van der Waals surface area contributed by atoms with Crippen LogP contribution in [-0.4, -0.2) is 71.5 Å². The summed E-state index contributed by atoms with van der Waals surface area (Å²) in [4.78, 5) is 46.9. The van der Waals surface area contributed by atoms with Gasteiger partial charge in [0.25, 0.3) is 0 Å². The van der Waals surface area contributed by atoms with E-state index in [9.17, 15) is 28.9 Å². The molecular weight excluding hydrogens is 699 g/mol. The van der Waals surface area contributed by atoms with Gasteiger partial charge in [0.05, 0.1) is 19.8 Å². The van der Waals surface area contributed by atoms with E-state index in [2.05, 4.69) is 31.4 Å². The lowest BCUT2D eigenvalue weighted by Gasteiger charge is -2.20. The van der Waals surface area contributed by atoms with Gasteiger partial charge in [-0.1, -0.05) is 142 Å². The van der Waals surface area contributed by atoms with E-state index in [-0.39, 0.29) is 25.2 Å². The zero-order valence-electron chi connectivity index (χ0n) is 33.4. The Kier molecular flexibility index (Phi) is 34.5. The van der Waals surface area contributed by atoms with Crippen molar-refractivity contribution in [3.63, 3.8) is 0 Å². The summed E-state index contributed by atoms with van der Waals surface area (Å²) in [6.07, 6.45) is 28.2. The molecule has 0 aromatic heterocycles. The largest absolute Gasteiger partial charge is 0.472 e. The molecular formula is C41H75O11P. The Bertz CT molecular complexity index is 1020. The minimum absolute atomic E-state index is 0.108. The fourth-order valence-electron chi connectivity index (χ4n) is 5.48. The second-order valence-electron chi connectivity index (χ2n) is 14.3. The van der Waals surface area contributed by atoms with Crippen LogP contribution in [0.1, 0.15) is 175 Å². The third-order valence-electron chi connectivity index (χ3n) is 9.13. The summed E-state index contributed by atoms with van der Waals surface area (Å²) in [5.74, 6) is -0.0784. The summed E-state index contributed by atoms with van der Waals surface area (Å²) in [5.41, 5.74) is 0.